The normalized spacial score (nSPS) is 10.7. The number of aromatic amines is 1. The van der Waals surface area contributed by atoms with E-state index in [1.54, 1.807) is 48.5 Å². The van der Waals surface area contributed by atoms with E-state index < -0.39 is 0 Å². The van der Waals surface area contributed by atoms with Gasteiger partial charge in [0.25, 0.3) is 0 Å². The summed E-state index contributed by atoms with van der Waals surface area (Å²) in [6.07, 6.45) is 0. The summed E-state index contributed by atoms with van der Waals surface area (Å²) in [5.41, 5.74) is 3.19. The number of rotatable bonds is 6. The molecular weight excluding hydrogens is 418 g/mol. The lowest BCUT2D eigenvalue weighted by molar-refractivity contribution is 0.103. The predicted octanol–water partition coefficient (Wildman–Crippen LogP) is 5.70. The highest BCUT2D eigenvalue weighted by molar-refractivity contribution is 7.71. The van der Waals surface area contributed by atoms with E-state index in [0.29, 0.717) is 32.5 Å². The van der Waals surface area contributed by atoms with Crippen LogP contribution in [0.1, 0.15) is 27.3 Å². The van der Waals surface area contributed by atoms with Crippen molar-refractivity contribution >= 4 is 29.6 Å². The molecule has 0 aliphatic rings. The Balaban J connectivity index is 1.48. The zero-order valence-electron chi connectivity index (χ0n) is 16.1. The van der Waals surface area contributed by atoms with Crippen LogP contribution in [0.15, 0.2) is 72.8 Å². The van der Waals surface area contributed by atoms with E-state index in [4.69, 9.17) is 28.6 Å². The molecule has 7 heteroatoms. The van der Waals surface area contributed by atoms with Crippen LogP contribution in [-0.2, 0) is 6.61 Å². The summed E-state index contributed by atoms with van der Waals surface area (Å²) in [5.74, 6) is 1.19. The summed E-state index contributed by atoms with van der Waals surface area (Å²) < 4.78 is 8.21. The molecule has 0 saturated carbocycles. The minimum Gasteiger partial charge on any atom is -0.486 e. The van der Waals surface area contributed by atoms with E-state index >= 15 is 0 Å². The highest BCUT2D eigenvalue weighted by Crippen LogP contribution is 2.19. The summed E-state index contributed by atoms with van der Waals surface area (Å²) in [6, 6.07) is 21.9. The van der Waals surface area contributed by atoms with Gasteiger partial charge in [-0.25, -0.2) is 0 Å². The van der Waals surface area contributed by atoms with Crippen molar-refractivity contribution in [2.75, 3.05) is 0 Å². The number of halogens is 1. The number of benzene rings is 3. The molecule has 0 atom stereocenters. The quantitative estimate of drug-likeness (QED) is 0.311. The number of aryl methyl sites for hydroxylation is 1. The molecule has 1 aromatic heterocycles. The first-order valence-electron chi connectivity index (χ1n) is 9.28. The zero-order chi connectivity index (χ0) is 21.1. The minimum atomic E-state index is -0.0932. The fourth-order valence-electron chi connectivity index (χ4n) is 3.03. The van der Waals surface area contributed by atoms with Gasteiger partial charge in [-0.05, 0) is 67.7 Å². The Hall–Kier alpha value is -3.22. The van der Waals surface area contributed by atoms with Crippen LogP contribution in [0.25, 0.3) is 5.69 Å². The van der Waals surface area contributed by atoms with Gasteiger partial charge in [0.05, 0.1) is 0 Å². The van der Waals surface area contributed by atoms with Crippen molar-refractivity contribution in [1.82, 2.24) is 14.8 Å². The molecule has 150 valence electrons. The summed E-state index contributed by atoms with van der Waals surface area (Å²) in [5, 5.41) is 7.62. The van der Waals surface area contributed by atoms with Crippen LogP contribution >= 0.6 is 23.8 Å². The van der Waals surface area contributed by atoms with Crippen molar-refractivity contribution in [2.45, 2.75) is 13.5 Å². The first kappa shape index (κ1) is 20.1. The van der Waals surface area contributed by atoms with Crippen LogP contribution < -0.4 is 4.74 Å². The fraction of sp³-hybridized carbons (Fsp3) is 0.0870. The smallest absolute Gasteiger partial charge is 0.199 e. The number of nitrogens with one attached hydrogen (secondary N) is 1. The van der Waals surface area contributed by atoms with Gasteiger partial charge >= 0.3 is 0 Å². The van der Waals surface area contributed by atoms with Crippen LogP contribution in [0, 0.1) is 11.7 Å². The zero-order valence-corrected chi connectivity index (χ0v) is 17.7. The summed E-state index contributed by atoms with van der Waals surface area (Å²) in [7, 11) is 0. The average Bonchev–Trinajstić information content (AvgIpc) is 3.13. The van der Waals surface area contributed by atoms with Crippen molar-refractivity contribution < 1.29 is 9.53 Å². The summed E-state index contributed by atoms with van der Waals surface area (Å²) in [4.78, 5) is 12.6. The first-order valence-corrected chi connectivity index (χ1v) is 10.1. The van der Waals surface area contributed by atoms with Crippen LogP contribution in [0.5, 0.6) is 5.75 Å². The Morgan fingerprint density at radius 2 is 1.80 bits per heavy atom. The Labute approximate surface area is 183 Å². The van der Waals surface area contributed by atoms with Gasteiger partial charge in [0, 0.05) is 21.8 Å². The molecule has 4 rings (SSSR count). The number of hydrogen-bond acceptors (Lipinski definition) is 4. The maximum Gasteiger partial charge on any atom is 0.199 e. The number of carbonyl (C=O) groups is 1. The molecule has 30 heavy (non-hydrogen) atoms. The number of nitrogens with zero attached hydrogens (tertiary/aromatic N) is 2. The van der Waals surface area contributed by atoms with E-state index in [9.17, 15) is 4.79 Å². The average molecular weight is 436 g/mol. The Bertz CT molecular complexity index is 1240. The second-order valence-electron chi connectivity index (χ2n) is 6.77. The summed E-state index contributed by atoms with van der Waals surface area (Å²) in [6.45, 7) is 2.26. The SMILES string of the molecule is Cc1ccc(-n2c(COc3ccc(C(=O)c4cccc(Cl)c4)cc3)n[nH]c2=S)cc1. The maximum absolute atomic E-state index is 12.6. The van der Waals surface area contributed by atoms with Crippen molar-refractivity contribution in [1.29, 1.82) is 0 Å². The molecule has 4 aromatic rings. The molecule has 0 unspecified atom stereocenters. The van der Waals surface area contributed by atoms with E-state index in [0.717, 1.165) is 5.69 Å². The largest absolute Gasteiger partial charge is 0.486 e. The van der Waals surface area contributed by atoms with Gasteiger partial charge in [0.15, 0.2) is 16.4 Å². The van der Waals surface area contributed by atoms with E-state index in [1.807, 2.05) is 35.8 Å². The molecule has 5 nitrogen and oxygen atoms in total. The molecule has 3 aromatic carbocycles. The minimum absolute atomic E-state index is 0.0932. The Kier molecular flexibility index (Phi) is 5.79. The molecule has 0 radical (unpaired) electrons. The predicted molar refractivity (Wildman–Crippen MR) is 119 cm³/mol. The van der Waals surface area contributed by atoms with Crippen LogP contribution in [-0.4, -0.2) is 20.5 Å². The molecule has 0 saturated heterocycles. The van der Waals surface area contributed by atoms with Gasteiger partial charge in [0.1, 0.15) is 12.4 Å². The monoisotopic (exact) mass is 435 g/mol. The molecule has 0 bridgehead atoms. The molecule has 0 amide bonds. The number of carbonyl (C=O) groups excluding carboxylic acids is 1. The number of aromatic nitrogens is 3. The number of ether oxygens (including phenoxy) is 1. The lowest BCUT2D eigenvalue weighted by atomic mass is 10.0. The summed E-state index contributed by atoms with van der Waals surface area (Å²) >= 11 is 11.3. The van der Waals surface area contributed by atoms with Crippen LogP contribution in [0.4, 0.5) is 0 Å². The molecule has 0 aliphatic heterocycles. The third-order valence-electron chi connectivity index (χ3n) is 4.61. The fourth-order valence-corrected chi connectivity index (χ4v) is 3.48. The van der Waals surface area contributed by atoms with Gasteiger partial charge in [-0.1, -0.05) is 41.4 Å². The van der Waals surface area contributed by atoms with Crippen LogP contribution in [0.3, 0.4) is 0 Å². The van der Waals surface area contributed by atoms with Crippen LogP contribution in [0.2, 0.25) is 5.02 Å². The number of ketones is 1. The Morgan fingerprint density at radius 1 is 1.07 bits per heavy atom. The second kappa shape index (κ2) is 8.65. The van der Waals surface area contributed by atoms with E-state index in [2.05, 4.69) is 10.2 Å². The maximum atomic E-state index is 12.6. The highest BCUT2D eigenvalue weighted by atomic mass is 35.5. The molecule has 1 heterocycles. The number of hydrogen-bond donors (Lipinski definition) is 1. The van der Waals surface area contributed by atoms with E-state index in [-0.39, 0.29) is 12.4 Å². The van der Waals surface area contributed by atoms with Crippen molar-refractivity contribution in [3.8, 4) is 11.4 Å². The first-order chi connectivity index (χ1) is 14.5. The lowest BCUT2D eigenvalue weighted by Gasteiger charge is -2.09. The van der Waals surface area contributed by atoms with E-state index in [1.165, 1.54) is 5.56 Å². The molecule has 0 aliphatic carbocycles. The molecule has 1 N–H and O–H groups in total. The third kappa shape index (κ3) is 4.35. The topological polar surface area (TPSA) is 59.9 Å². The van der Waals surface area contributed by atoms with Crippen molar-refractivity contribution in [3.05, 3.63) is 105 Å². The van der Waals surface area contributed by atoms with Gasteiger partial charge in [-0.15, -0.1) is 0 Å². The highest BCUT2D eigenvalue weighted by Gasteiger charge is 2.11. The second-order valence-corrected chi connectivity index (χ2v) is 7.59. The Morgan fingerprint density at radius 3 is 2.50 bits per heavy atom. The lowest BCUT2D eigenvalue weighted by Crippen LogP contribution is -2.06. The van der Waals surface area contributed by atoms with Gasteiger partial charge in [-0.3, -0.25) is 14.5 Å². The van der Waals surface area contributed by atoms with Gasteiger partial charge in [0.2, 0.25) is 0 Å². The van der Waals surface area contributed by atoms with Crippen molar-refractivity contribution in [3.63, 3.8) is 0 Å². The van der Waals surface area contributed by atoms with Gasteiger partial charge in [-0.2, -0.15) is 5.10 Å². The molecule has 0 fully saturated rings. The third-order valence-corrected chi connectivity index (χ3v) is 5.11. The van der Waals surface area contributed by atoms with Gasteiger partial charge < -0.3 is 4.74 Å². The standard InChI is InChI=1S/C23H18ClN3O2S/c1-15-5-9-19(10-6-15)27-21(25-26-23(27)30)14-29-20-11-7-16(8-12-20)22(28)17-3-2-4-18(24)13-17/h2-13H,14H2,1H3,(H,26,30). The van der Waals surface area contributed by atoms with Crippen molar-refractivity contribution in [2.24, 2.45) is 0 Å². The molecule has 0 spiro atoms. The molecular formula is C23H18ClN3O2S. The number of H-pyrrole nitrogens is 1.